The molecule has 0 spiro atoms. The summed E-state index contributed by atoms with van der Waals surface area (Å²) in [5.41, 5.74) is 5.89. The van der Waals surface area contributed by atoms with Crippen LogP contribution in [0.2, 0.25) is 0 Å². The largest absolute Gasteiger partial charge is 0.399 e. The predicted octanol–water partition coefficient (Wildman–Crippen LogP) is 3.72. The molecule has 0 aliphatic carbocycles. The van der Waals surface area contributed by atoms with Gasteiger partial charge in [-0.25, -0.2) is 9.37 Å². The van der Waals surface area contributed by atoms with Crippen molar-refractivity contribution in [2.24, 2.45) is 0 Å². The van der Waals surface area contributed by atoms with Crippen LogP contribution in [0.4, 0.5) is 10.1 Å². The summed E-state index contributed by atoms with van der Waals surface area (Å²) < 4.78 is 14.4. The third-order valence-corrected chi connectivity index (χ3v) is 3.34. The zero-order valence-electron chi connectivity index (χ0n) is 8.15. The Morgan fingerprint density at radius 2 is 2.06 bits per heavy atom. The van der Waals surface area contributed by atoms with E-state index in [1.54, 1.807) is 18.3 Å². The Morgan fingerprint density at radius 1 is 1.25 bits per heavy atom. The average Bonchev–Trinajstić information content (AvgIpc) is 2.25. The molecule has 2 aromatic rings. The van der Waals surface area contributed by atoms with Gasteiger partial charge >= 0.3 is 0 Å². The second kappa shape index (κ2) is 4.84. The lowest BCUT2D eigenvalue weighted by Gasteiger charge is -2.03. The van der Waals surface area contributed by atoms with E-state index in [-0.39, 0.29) is 5.82 Å². The molecule has 0 saturated carbocycles. The second-order valence-corrected chi connectivity index (χ2v) is 5.08. The van der Waals surface area contributed by atoms with Crippen molar-refractivity contribution >= 4 is 33.4 Å². The van der Waals surface area contributed by atoms with Gasteiger partial charge in [0.15, 0.2) is 0 Å². The molecule has 0 amide bonds. The Kier molecular flexibility index (Phi) is 3.46. The van der Waals surface area contributed by atoms with Crippen LogP contribution in [0, 0.1) is 5.82 Å². The number of nitrogens with two attached hydrogens (primary N) is 1. The number of pyridine rings is 1. The summed E-state index contributed by atoms with van der Waals surface area (Å²) in [4.78, 5) is 4.67. The average molecular weight is 299 g/mol. The first-order valence-corrected chi connectivity index (χ1v) is 6.10. The fraction of sp³-hybridized carbons (Fsp3) is 0. The molecule has 82 valence electrons. The number of nitrogen functional groups attached to an aromatic ring is 1. The molecule has 0 bridgehead atoms. The van der Waals surface area contributed by atoms with Crippen molar-refractivity contribution in [3.05, 3.63) is 46.8 Å². The van der Waals surface area contributed by atoms with Gasteiger partial charge in [-0.3, -0.25) is 0 Å². The first-order valence-electron chi connectivity index (χ1n) is 4.49. The van der Waals surface area contributed by atoms with Crippen molar-refractivity contribution in [1.29, 1.82) is 0 Å². The fourth-order valence-electron chi connectivity index (χ4n) is 1.14. The lowest BCUT2D eigenvalue weighted by Crippen LogP contribution is -1.88. The van der Waals surface area contributed by atoms with Crippen molar-refractivity contribution in [3.63, 3.8) is 0 Å². The van der Waals surface area contributed by atoms with Gasteiger partial charge in [0, 0.05) is 21.3 Å². The van der Waals surface area contributed by atoms with Gasteiger partial charge in [0.05, 0.1) is 0 Å². The maximum absolute atomic E-state index is 13.5. The maximum atomic E-state index is 13.5. The summed E-state index contributed by atoms with van der Waals surface area (Å²) >= 11 is 4.56. The molecule has 1 heterocycles. The van der Waals surface area contributed by atoms with E-state index in [0.29, 0.717) is 10.6 Å². The van der Waals surface area contributed by atoms with Gasteiger partial charge < -0.3 is 5.73 Å². The van der Waals surface area contributed by atoms with Crippen LogP contribution in [0.1, 0.15) is 0 Å². The number of rotatable bonds is 2. The van der Waals surface area contributed by atoms with Crippen molar-refractivity contribution in [1.82, 2.24) is 4.98 Å². The minimum atomic E-state index is -0.324. The van der Waals surface area contributed by atoms with Crippen LogP contribution in [0.5, 0.6) is 0 Å². The highest BCUT2D eigenvalue weighted by Gasteiger charge is 2.05. The number of benzene rings is 1. The third-order valence-electron chi connectivity index (χ3n) is 1.87. The number of hydrogen-bond donors (Lipinski definition) is 1. The van der Waals surface area contributed by atoms with Crippen molar-refractivity contribution < 1.29 is 4.39 Å². The lowest BCUT2D eigenvalue weighted by molar-refractivity contribution is 0.602. The van der Waals surface area contributed by atoms with E-state index in [9.17, 15) is 4.39 Å². The van der Waals surface area contributed by atoms with Crippen LogP contribution in [-0.4, -0.2) is 4.98 Å². The molecular formula is C11H8BrFN2S. The van der Waals surface area contributed by atoms with Gasteiger partial charge in [-0.05, 0) is 46.3 Å². The second-order valence-electron chi connectivity index (χ2n) is 3.11. The fourth-order valence-corrected chi connectivity index (χ4v) is 2.13. The molecule has 0 aliphatic heterocycles. The van der Waals surface area contributed by atoms with E-state index in [4.69, 9.17) is 5.73 Å². The van der Waals surface area contributed by atoms with Crippen LogP contribution in [0.25, 0.3) is 0 Å². The van der Waals surface area contributed by atoms with E-state index in [2.05, 4.69) is 20.9 Å². The standard InChI is InChI=1S/C11H8BrFN2S/c12-7-1-4-11(15-6-7)16-10-3-2-8(14)5-9(10)13/h1-6H,14H2. The topological polar surface area (TPSA) is 38.9 Å². The van der Waals surface area contributed by atoms with E-state index in [1.165, 1.54) is 17.8 Å². The molecule has 0 atom stereocenters. The highest BCUT2D eigenvalue weighted by molar-refractivity contribution is 9.10. The van der Waals surface area contributed by atoms with Crippen LogP contribution in [-0.2, 0) is 0 Å². The lowest BCUT2D eigenvalue weighted by atomic mass is 10.3. The van der Waals surface area contributed by atoms with Crippen LogP contribution in [0.3, 0.4) is 0 Å². The molecule has 0 unspecified atom stereocenters. The van der Waals surface area contributed by atoms with E-state index in [1.807, 2.05) is 12.1 Å². The van der Waals surface area contributed by atoms with E-state index >= 15 is 0 Å². The molecule has 2 nitrogen and oxygen atoms in total. The monoisotopic (exact) mass is 298 g/mol. The van der Waals surface area contributed by atoms with Gasteiger partial charge in [0.2, 0.25) is 0 Å². The zero-order chi connectivity index (χ0) is 11.5. The Hall–Kier alpha value is -1.07. The predicted molar refractivity (Wildman–Crippen MR) is 66.9 cm³/mol. The Balaban J connectivity index is 2.23. The molecule has 2 rings (SSSR count). The normalized spacial score (nSPS) is 10.4. The quantitative estimate of drug-likeness (QED) is 0.859. The summed E-state index contributed by atoms with van der Waals surface area (Å²) in [7, 11) is 0. The maximum Gasteiger partial charge on any atom is 0.139 e. The molecule has 2 N–H and O–H groups in total. The van der Waals surface area contributed by atoms with E-state index < -0.39 is 0 Å². The summed E-state index contributed by atoms with van der Waals surface area (Å²) in [6.45, 7) is 0. The Bertz CT molecular complexity index is 502. The minimum absolute atomic E-state index is 0.324. The molecule has 0 aliphatic rings. The summed E-state index contributed by atoms with van der Waals surface area (Å²) in [5.74, 6) is -0.324. The van der Waals surface area contributed by atoms with Crippen molar-refractivity contribution in [3.8, 4) is 0 Å². The van der Waals surface area contributed by atoms with Crippen molar-refractivity contribution in [2.75, 3.05) is 5.73 Å². The highest BCUT2D eigenvalue weighted by Crippen LogP contribution is 2.29. The minimum Gasteiger partial charge on any atom is -0.399 e. The van der Waals surface area contributed by atoms with Gasteiger partial charge in [-0.1, -0.05) is 11.8 Å². The molecule has 1 aromatic carbocycles. The first-order chi connectivity index (χ1) is 7.65. The van der Waals surface area contributed by atoms with Crippen molar-refractivity contribution in [2.45, 2.75) is 9.92 Å². The van der Waals surface area contributed by atoms with Crippen LogP contribution in [0.15, 0.2) is 50.9 Å². The Morgan fingerprint density at radius 3 is 2.69 bits per heavy atom. The van der Waals surface area contributed by atoms with Crippen LogP contribution >= 0.6 is 27.7 Å². The SMILES string of the molecule is Nc1ccc(Sc2ccc(Br)cn2)c(F)c1. The third kappa shape index (κ3) is 2.74. The summed E-state index contributed by atoms with van der Waals surface area (Å²) in [6.07, 6.45) is 1.68. The van der Waals surface area contributed by atoms with Crippen LogP contribution < -0.4 is 5.73 Å². The van der Waals surface area contributed by atoms with Gasteiger partial charge in [-0.15, -0.1) is 0 Å². The molecule has 1 aromatic heterocycles. The number of aromatic nitrogens is 1. The van der Waals surface area contributed by atoms with Gasteiger partial charge in [-0.2, -0.15) is 0 Å². The number of halogens is 2. The zero-order valence-corrected chi connectivity index (χ0v) is 10.6. The molecule has 0 radical (unpaired) electrons. The molecular weight excluding hydrogens is 291 g/mol. The smallest absolute Gasteiger partial charge is 0.139 e. The number of anilines is 1. The first kappa shape index (κ1) is 11.4. The molecule has 0 saturated heterocycles. The highest BCUT2D eigenvalue weighted by atomic mass is 79.9. The summed E-state index contributed by atoms with van der Waals surface area (Å²) in [5, 5.41) is 0.742. The van der Waals surface area contributed by atoms with E-state index in [0.717, 1.165) is 9.50 Å². The number of hydrogen-bond acceptors (Lipinski definition) is 3. The molecule has 0 fully saturated rings. The summed E-state index contributed by atoms with van der Waals surface area (Å²) in [6, 6.07) is 8.32. The molecule has 16 heavy (non-hydrogen) atoms. The molecule has 5 heteroatoms. The Labute approximate surface area is 105 Å². The number of nitrogens with zero attached hydrogens (tertiary/aromatic N) is 1. The van der Waals surface area contributed by atoms with Gasteiger partial charge in [0.25, 0.3) is 0 Å². The van der Waals surface area contributed by atoms with Gasteiger partial charge in [0.1, 0.15) is 10.8 Å².